The zero-order valence-corrected chi connectivity index (χ0v) is 11.6. The van der Waals surface area contributed by atoms with Gasteiger partial charge in [-0.15, -0.1) is 0 Å². The van der Waals surface area contributed by atoms with Crippen LogP contribution in [-0.2, 0) is 0 Å². The van der Waals surface area contributed by atoms with Crippen molar-refractivity contribution in [2.24, 2.45) is 11.1 Å². The van der Waals surface area contributed by atoms with Crippen molar-refractivity contribution in [2.75, 3.05) is 0 Å². The molecule has 0 radical (unpaired) electrons. The van der Waals surface area contributed by atoms with Crippen molar-refractivity contribution in [3.63, 3.8) is 0 Å². The summed E-state index contributed by atoms with van der Waals surface area (Å²) >= 11 is 0. The topological polar surface area (TPSA) is 32.6 Å². The minimum absolute atomic E-state index is 0.228. The van der Waals surface area contributed by atoms with Crippen LogP contribution in [0.25, 0.3) is 5.57 Å². The fourth-order valence-corrected chi connectivity index (χ4v) is 3.62. The van der Waals surface area contributed by atoms with E-state index in [0.29, 0.717) is 5.92 Å². The van der Waals surface area contributed by atoms with E-state index in [4.69, 9.17) is 0 Å². The molecule has 1 N–H and O–H groups in total. The molecule has 1 fully saturated rings. The fourth-order valence-electron chi connectivity index (χ4n) is 3.62. The van der Waals surface area contributed by atoms with Gasteiger partial charge in [0.15, 0.2) is 0 Å². The Balaban J connectivity index is 2.01. The Morgan fingerprint density at radius 1 is 1.00 bits per heavy atom. The van der Waals surface area contributed by atoms with Crippen molar-refractivity contribution in [3.8, 4) is 0 Å². The number of rotatable bonds is 2. The average molecular weight is 273 g/mol. The molecule has 0 spiro atoms. The summed E-state index contributed by atoms with van der Waals surface area (Å²) in [5.41, 5.74) is 4.23. The summed E-state index contributed by atoms with van der Waals surface area (Å²) in [7, 11) is 0. The number of allylic oxidation sites excluding steroid dienone is 2. The summed E-state index contributed by atoms with van der Waals surface area (Å²) in [4.78, 5) is 0. The molecule has 0 unspecified atom stereocenters. The van der Waals surface area contributed by atoms with Crippen molar-refractivity contribution in [2.45, 2.75) is 44.9 Å². The second-order valence-electron chi connectivity index (χ2n) is 5.79. The Labute approximate surface area is 119 Å². The Morgan fingerprint density at radius 2 is 1.70 bits per heavy atom. The van der Waals surface area contributed by atoms with Gasteiger partial charge in [0.1, 0.15) is 5.82 Å². The number of nitrogens with zero attached hydrogens (tertiary/aromatic N) is 1. The van der Waals surface area contributed by atoms with Gasteiger partial charge in [0, 0.05) is 5.57 Å². The lowest BCUT2D eigenvalue weighted by molar-refractivity contribution is 0.319. The van der Waals surface area contributed by atoms with Gasteiger partial charge >= 0.3 is 0 Å². The van der Waals surface area contributed by atoms with Crippen molar-refractivity contribution in [1.82, 2.24) is 0 Å². The lowest BCUT2D eigenvalue weighted by Crippen LogP contribution is -2.09. The highest BCUT2D eigenvalue weighted by Crippen LogP contribution is 2.41. The molecule has 0 bridgehead atoms. The molecule has 1 saturated carbocycles. The van der Waals surface area contributed by atoms with Crippen molar-refractivity contribution < 1.29 is 9.60 Å². The number of benzene rings is 1. The SMILES string of the molecule is ON=C1CCC(C2CCCCC2)=C1c1ccc(F)cc1. The first-order chi connectivity index (χ1) is 9.79. The lowest BCUT2D eigenvalue weighted by atomic mass is 9.81. The Kier molecular flexibility index (Phi) is 3.86. The van der Waals surface area contributed by atoms with Gasteiger partial charge in [-0.25, -0.2) is 4.39 Å². The van der Waals surface area contributed by atoms with E-state index in [1.165, 1.54) is 49.8 Å². The molecule has 106 valence electrons. The first kappa shape index (κ1) is 13.3. The molecule has 2 aliphatic carbocycles. The monoisotopic (exact) mass is 273 g/mol. The number of hydrogen-bond acceptors (Lipinski definition) is 2. The third-order valence-corrected chi connectivity index (χ3v) is 4.59. The fraction of sp³-hybridized carbons (Fsp3) is 0.471. The quantitative estimate of drug-likeness (QED) is 0.610. The molecule has 0 heterocycles. The van der Waals surface area contributed by atoms with Gasteiger partial charge in [-0.3, -0.25) is 0 Å². The zero-order chi connectivity index (χ0) is 13.9. The van der Waals surface area contributed by atoms with Gasteiger partial charge in [-0.2, -0.15) is 0 Å². The second kappa shape index (κ2) is 5.78. The Morgan fingerprint density at radius 3 is 2.35 bits per heavy atom. The molecule has 0 aromatic heterocycles. The summed E-state index contributed by atoms with van der Waals surface area (Å²) in [6, 6.07) is 6.55. The molecule has 1 aromatic carbocycles. The van der Waals surface area contributed by atoms with Crippen molar-refractivity contribution >= 4 is 11.3 Å². The molecule has 0 saturated heterocycles. The van der Waals surface area contributed by atoms with Gasteiger partial charge in [0.2, 0.25) is 0 Å². The first-order valence-corrected chi connectivity index (χ1v) is 7.50. The van der Waals surface area contributed by atoms with Crippen molar-refractivity contribution in [3.05, 3.63) is 41.2 Å². The standard InChI is InChI=1S/C17H20FNO/c18-14-8-6-13(7-9-14)17-15(10-11-16(17)19-20)12-4-2-1-3-5-12/h6-9,12,20H,1-5,10-11H2. The highest BCUT2D eigenvalue weighted by atomic mass is 19.1. The predicted molar refractivity (Wildman–Crippen MR) is 78.4 cm³/mol. The summed E-state index contributed by atoms with van der Waals surface area (Å²) < 4.78 is 13.1. The Hall–Kier alpha value is -1.64. The smallest absolute Gasteiger partial charge is 0.123 e. The van der Waals surface area contributed by atoms with Crippen LogP contribution in [0.1, 0.15) is 50.5 Å². The van der Waals surface area contributed by atoms with Crippen LogP contribution in [0.15, 0.2) is 35.0 Å². The molecule has 3 heteroatoms. The van der Waals surface area contributed by atoms with Crippen LogP contribution in [-0.4, -0.2) is 10.9 Å². The molecule has 1 aromatic rings. The molecule has 3 rings (SSSR count). The molecule has 2 nitrogen and oxygen atoms in total. The van der Waals surface area contributed by atoms with Crippen molar-refractivity contribution in [1.29, 1.82) is 0 Å². The largest absolute Gasteiger partial charge is 0.411 e. The normalized spacial score (nSPS) is 22.8. The molecule has 2 aliphatic rings. The van der Waals surface area contributed by atoms with Crippen LogP contribution in [0.2, 0.25) is 0 Å². The average Bonchev–Trinajstić information content (AvgIpc) is 2.93. The highest BCUT2D eigenvalue weighted by Gasteiger charge is 2.29. The zero-order valence-electron chi connectivity index (χ0n) is 11.6. The maximum Gasteiger partial charge on any atom is 0.123 e. The minimum atomic E-state index is -0.228. The minimum Gasteiger partial charge on any atom is -0.411 e. The highest BCUT2D eigenvalue weighted by molar-refractivity contribution is 6.26. The summed E-state index contributed by atoms with van der Waals surface area (Å²) in [5, 5.41) is 12.7. The number of oxime groups is 1. The van der Waals surface area contributed by atoms with E-state index in [0.717, 1.165) is 29.7 Å². The molecule has 20 heavy (non-hydrogen) atoms. The van der Waals surface area contributed by atoms with E-state index >= 15 is 0 Å². The van der Waals surface area contributed by atoms with Gasteiger partial charge in [0.05, 0.1) is 5.71 Å². The predicted octanol–water partition coefficient (Wildman–Crippen LogP) is 4.78. The van der Waals surface area contributed by atoms with E-state index in [9.17, 15) is 9.60 Å². The van der Waals surface area contributed by atoms with Gasteiger partial charge in [0.25, 0.3) is 0 Å². The van der Waals surface area contributed by atoms with E-state index in [1.54, 1.807) is 12.1 Å². The maximum absolute atomic E-state index is 13.1. The third-order valence-electron chi connectivity index (χ3n) is 4.59. The van der Waals surface area contributed by atoms with Gasteiger partial charge < -0.3 is 5.21 Å². The van der Waals surface area contributed by atoms with Crippen LogP contribution in [0.4, 0.5) is 4.39 Å². The van der Waals surface area contributed by atoms with Crippen LogP contribution in [0.3, 0.4) is 0 Å². The number of halogens is 1. The Bertz CT molecular complexity index is 539. The molecular formula is C17H20FNO. The maximum atomic E-state index is 13.1. The van der Waals surface area contributed by atoms with E-state index < -0.39 is 0 Å². The van der Waals surface area contributed by atoms with Crippen LogP contribution < -0.4 is 0 Å². The van der Waals surface area contributed by atoms with Crippen LogP contribution in [0.5, 0.6) is 0 Å². The molecule has 0 aliphatic heterocycles. The summed E-state index contributed by atoms with van der Waals surface area (Å²) in [5.74, 6) is 0.386. The van der Waals surface area contributed by atoms with E-state index in [-0.39, 0.29) is 5.82 Å². The summed E-state index contributed by atoms with van der Waals surface area (Å²) in [6.07, 6.45) is 8.16. The van der Waals surface area contributed by atoms with E-state index in [2.05, 4.69) is 5.16 Å². The second-order valence-corrected chi connectivity index (χ2v) is 5.79. The molecule has 0 amide bonds. The van der Waals surface area contributed by atoms with Gasteiger partial charge in [-0.05, 0) is 49.3 Å². The third kappa shape index (κ3) is 2.49. The lowest BCUT2D eigenvalue weighted by Gasteiger charge is -2.24. The molecule has 0 atom stereocenters. The summed E-state index contributed by atoms with van der Waals surface area (Å²) in [6.45, 7) is 0. The van der Waals surface area contributed by atoms with Gasteiger partial charge in [-0.1, -0.05) is 42.1 Å². The first-order valence-electron chi connectivity index (χ1n) is 7.50. The molecular weight excluding hydrogens is 253 g/mol. The number of hydrogen-bond donors (Lipinski definition) is 1. The van der Waals surface area contributed by atoms with Crippen LogP contribution in [0, 0.1) is 11.7 Å². The van der Waals surface area contributed by atoms with Crippen LogP contribution >= 0.6 is 0 Å². The van der Waals surface area contributed by atoms with E-state index in [1.807, 2.05) is 0 Å².